The number of aromatic nitrogens is 1. The zero-order valence-electron chi connectivity index (χ0n) is 6.45. The smallest absolute Gasteiger partial charge is 0.285 e. The van der Waals surface area contributed by atoms with Crippen molar-refractivity contribution in [3.63, 3.8) is 0 Å². The third kappa shape index (κ3) is 1.61. The van der Waals surface area contributed by atoms with Crippen molar-refractivity contribution in [3.05, 3.63) is 28.1 Å². The van der Waals surface area contributed by atoms with Gasteiger partial charge in [0.2, 0.25) is 0 Å². The summed E-state index contributed by atoms with van der Waals surface area (Å²) in [4.78, 5) is 12.7. The van der Waals surface area contributed by atoms with Crippen LogP contribution in [0.2, 0.25) is 0 Å². The topological polar surface area (TPSA) is 44.9 Å². The maximum atomic E-state index is 12.7. The number of anilines is 1. The number of nitrogens with one attached hydrogen (secondary N) is 2. The predicted molar refractivity (Wildman–Crippen MR) is 41.1 cm³/mol. The SMILES string of the molecule is CCNc1[nH]c(=O)c(F)cc1F. The molecule has 3 nitrogen and oxygen atoms in total. The third-order valence-corrected chi connectivity index (χ3v) is 1.30. The van der Waals surface area contributed by atoms with Crippen molar-refractivity contribution in [1.82, 2.24) is 4.98 Å². The maximum absolute atomic E-state index is 12.7. The fourth-order valence-electron chi connectivity index (χ4n) is 0.787. The maximum Gasteiger partial charge on any atom is 0.285 e. The quantitative estimate of drug-likeness (QED) is 0.704. The largest absolute Gasteiger partial charge is 0.369 e. The summed E-state index contributed by atoms with van der Waals surface area (Å²) in [5.41, 5.74) is -0.924. The molecule has 0 amide bonds. The number of H-pyrrole nitrogens is 1. The van der Waals surface area contributed by atoms with Gasteiger partial charge >= 0.3 is 0 Å². The van der Waals surface area contributed by atoms with Crippen LogP contribution in [-0.2, 0) is 0 Å². The summed E-state index contributed by atoms with van der Waals surface area (Å²) in [5.74, 6) is -1.99. The van der Waals surface area contributed by atoms with E-state index in [1.807, 2.05) is 4.98 Å². The van der Waals surface area contributed by atoms with Crippen molar-refractivity contribution < 1.29 is 8.78 Å². The number of halogens is 2. The average Bonchev–Trinajstić information content (AvgIpc) is 2.01. The Bertz CT molecular complexity index is 335. The first-order valence-electron chi connectivity index (χ1n) is 3.47. The molecule has 2 N–H and O–H groups in total. The Morgan fingerprint density at radius 1 is 1.50 bits per heavy atom. The second-order valence-electron chi connectivity index (χ2n) is 2.20. The Kier molecular flexibility index (Phi) is 2.42. The van der Waals surface area contributed by atoms with E-state index < -0.39 is 17.2 Å². The van der Waals surface area contributed by atoms with Crippen LogP contribution < -0.4 is 10.9 Å². The molecule has 0 saturated carbocycles. The van der Waals surface area contributed by atoms with Gasteiger partial charge in [-0.3, -0.25) is 4.79 Å². The van der Waals surface area contributed by atoms with E-state index in [1.54, 1.807) is 6.92 Å². The van der Waals surface area contributed by atoms with Crippen LogP contribution in [0.25, 0.3) is 0 Å². The standard InChI is InChI=1S/C7H8F2N2O/c1-2-10-6-4(8)3-5(9)7(12)11-6/h3H,2H2,1H3,(H2,10,11,12). The molecule has 1 heterocycles. The molecule has 0 aromatic carbocycles. The molecule has 0 bridgehead atoms. The number of aromatic amines is 1. The Morgan fingerprint density at radius 2 is 2.17 bits per heavy atom. The zero-order valence-corrected chi connectivity index (χ0v) is 6.45. The summed E-state index contributed by atoms with van der Waals surface area (Å²) in [6.07, 6.45) is 0. The van der Waals surface area contributed by atoms with Crippen LogP contribution in [0.3, 0.4) is 0 Å². The second-order valence-corrected chi connectivity index (χ2v) is 2.20. The molecule has 66 valence electrons. The van der Waals surface area contributed by atoms with Crippen LogP contribution in [0.5, 0.6) is 0 Å². The van der Waals surface area contributed by atoms with Gasteiger partial charge in [-0.15, -0.1) is 0 Å². The molecule has 0 fully saturated rings. The van der Waals surface area contributed by atoms with Crippen LogP contribution in [0.1, 0.15) is 6.92 Å². The van der Waals surface area contributed by atoms with Crippen LogP contribution in [-0.4, -0.2) is 11.5 Å². The molecular weight excluding hydrogens is 166 g/mol. The number of hydrogen-bond donors (Lipinski definition) is 2. The van der Waals surface area contributed by atoms with Gasteiger partial charge in [0.25, 0.3) is 5.56 Å². The van der Waals surface area contributed by atoms with Crippen molar-refractivity contribution >= 4 is 5.82 Å². The summed E-state index contributed by atoms with van der Waals surface area (Å²) in [7, 11) is 0. The van der Waals surface area contributed by atoms with Crippen LogP contribution in [0.4, 0.5) is 14.6 Å². The monoisotopic (exact) mass is 174 g/mol. The highest BCUT2D eigenvalue weighted by Gasteiger charge is 2.05. The third-order valence-electron chi connectivity index (χ3n) is 1.30. The number of hydrogen-bond acceptors (Lipinski definition) is 2. The Labute approximate surface area is 67.4 Å². The first-order chi connectivity index (χ1) is 5.65. The molecule has 1 aromatic heterocycles. The fourth-order valence-corrected chi connectivity index (χ4v) is 0.787. The van der Waals surface area contributed by atoms with Gasteiger partial charge in [-0.1, -0.05) is 0 Å². The molecule has 0 aliphatic heterocycles. The zero-order chi connectivity index (χ0) is 9.14. The molecule has 0 unspecified atom stereocenters. The fraction of sp³-hybridized carbons (Fsp3) is 0.286. The van der Waals surface area contributed by atoms with Crippen LogP contribution in [0.15, 0.2) is 10.9 Å². The van der Waals surface area contributed by atoms with Crippen LogP contribution in [0, 0.1) is 11.6 Å². The molecule has 1 rings (SSSR count). The van der Waals surface area contributed by atoms with Gasteiger partial charge in [0.15, 0.2) is 11.6 Å². The molecule has 12 heavy (non-hydrogen) atoms. The van der Waals surface area contributed by atoms with E-state index in [2.05, 4.69) is 5.32 Å². The Hall–Kier alpha value is -1.39. The van der Waals surface area contributed by atoms with Gasteiger partial charge in [0.1, 0.15) is 5.82 Å². The van der Waals surface area contributed by atoms with Gasteiger partial charge in [-0.2, -0.15) is 0 Å². The van der Waals surface area contributed by atoms with Crippen molar-refractivity contribution in [2.75, 3.05) is 11.9 Å². The van der Waals surface area contributed by atoms with E-state index in [1.165, 1.54) is 0 Å². The molecule has 0 aliphatic carbocycles. The lowest BCUT2D eigenvalue weighted by molar-refractivity contribution is 0.566. The Balaban J connectivity index is 3.14. The van der Waals surface area contributed by atoms with E-state index >= 15 is 0 Å². The van der Waals surface area contributed by atoms with E-state index in [9.17, 15) is 13.6 Å². The van der Waals surface area contributed by atoms with E-state index in [-0.39, 0.29) is 5.82 Å². The van der Waals surface area contributed by atoms with Gasteiger partial charge in [-0.05, 0) is 6.92 Å². The first kappa shape index (κ1) is 8.70. The highest BCUT2D eigenvalue weighted by molar-refractivity contribution is 5.35. The summed E-state index contributed by atoms with van der Waals surface area (Å²) < 4.78 is 25.1. The lowest BCUT2D eigenvalue weighted by Crippen LogP contribution is -2.15. The number of pyridine rings is 1. The molecule has 0 atom stereocenters. The first-order valence-corrected chi connectivity index (χ1v) is 3.47. The molecule has 0 aliphatic rings. The second kappa shape index (κ2) is 3.34. The lowest BCUT2D eigenvalue weighted by Gasteiger charge is -2.02. The van der Waals surface area contributed by atoms with Gasteiger partial charge in [0.05, 0.1) is 0 Å². The van der Waals surface area contributed by atoms with Gasteiger partial charge in [-0.25, -0.2) is 8.78 Å². The minimum absolute atomic E-state index is 0.0797. The summed E-state index contributed by atoms with van der Waals surface area (Å²) in [6, 6.07) is 0.552. The highest BCUT2D eigenvalue weighted by Crippen LogP contribution is 2.07. The minimum atomic E-state index is -1.12. The van der Waals surface area contributed by atoms with Crippen LogP contribution >= 0.6 is 0 Å². The van der Waals surface area contributed by atoms with E-state index in [0.29, 0.717) is 12.6 Å². The molecule has 0 radical (unpaired) electrons. The van der Waals surface area contributed by atoms with Crippen molar-refractivity contribution in [1.29, 1.82) is 0 Å². The molecular formula is C7H8F2N2O. The summed E-state index contributed by atoms with van der Waals surface area (Å²) in [5, 5.41) is 2.55. The predicted octanol–water partition coefficient (Wildman–Crippen LogP) is 1.08. The van der Waals surface area contributed by atoms with Gasteiger partial charge < -0.3 is 10.3 Å². The van der Waals surface area contributed by atoms with E-state index in [0.717, 1.165) is 0 Å². The van der Waals surface area contributed by atoms with Crippen molar-refractivity contribution in [2.24, 2.45) is 0 Å². The van der Waals surface area contributed by atoms with Crippen molar-refractivity contribution in [3.8, 4) is 0 Å². The van der Waals surface area contributed by atoms with Crippen molar-refractivity contribution in [2.45, 2.75) is 6.92 Å². The average molecular weight is 174 g/mol. The van der Waals surface area contributed by atoms with Gasteiger partial charge in [0, 0.05) is 12.6 Å². The highest BCUT2D eigenvalue weighted by atomic mass is 19.1. The molecule has 0 saturated heterocycles. The lowest BCUT2D eigenvalue weighted by atomic mass is 10.4. The number of rotatable bonds is 2. The van der Waals surface area contributed by atoms with E-state index in [4.69, 9.17) is 0 Å². The Morgan fingerprint density at radius 3 is 2.75 bits per heavy atom. The molecule has 5 heteroatoms. The molecule has 0 spiro atoms. The normalized spacial score (nSPS) is 9.92. The minimum Gasteiger partial charge on any atom is -0.369 e. The summed E-state index contributed by atoms with van der Waals surface area (Å²) in [6.45, 7) is 2.19. The molecule has 1 aromatic rings. The summed E-state index contributed by atoms with van der Waals surface area (Å²) >= 11 is 0.